The number of carbonyl (C=O) groups excluding carboxylic acids is 1. The van der Waals surface area contributed by atoms with Crippen LogP contribution in [0.5, 0.6) is 0 Å². The molecule has 0 aromatic carbocycles. The lowest BCUT2D eigenvalue weighted by molar-refractivity contribution is -0.133. The van der Waals surface area contributed by atoms with Crippen molar-refractivity contribution in [3.63, 3.8) is 0 Å². The van der Waals surface area contributed by atoms with Gasteiger partial charge < -0.3 is 10.6 Å². The van der Waals surface area contributed by atoms with Gasteiger partial charge >= 0.3 is 0 Å². The fourth-order valence-electron chi connectivity index (χ4n) is 1.88. The summed E-state index contributed by atoms with van der Waals surface area (Å²) in [6, 6.07) is -0.283. The Kier molecular flexibility index (Phi) is 4.94. The number of rotatable bonds is 2. The predicted octanol–water partition coefficient (Wildman–Crippen LogP) is 1.52. The van der Waals surface area contributed by atoms with Gasteiger partial charge in [-0.15, -0.1) is 0 Å². The second-order valence-electron chi connectivity index (χ2n) is 4.11. The third-order valence-electron chi connectivity index (χ3n) is 2.92. The van der Waals surface area contributed by atoms with E-state index in [1.807, 2.05) is 11.8 Å². The highest BCUT2D eigenvalue weighted by Crippen LogP contribution is 2.11. The predicted molar refractivity (Wildman–Crippen MR) is 57.9 cm³/mol. The minimum absolute atomic E-state index is 0.148. The summed E-state index contributed by atoms with van der Waals surface area (Å²) in [4.78, 5) is 13.7. The van der Waals surface area contributed by atoms with Gasteiger partial charge in [-0.3, -0.25) is 4.79 Å². The normalized spacial score (nSPS) is 21.1. The van der Waals surface area contributed by atoms with E-state index in [0.717, 1.165) is 32.4 Å². The van der Waals surface area contributed by atoms with Gasteiger partial charge in [-0.05, 0) is 19.3 Å². The third kappa shape index (κ3) is 3.29. The molecule has 3 nitrogen and oxygen atoms in total. The first kappa shape index (κ1) is 11.5. The van der Waals surface area contributed by atoms with Crippen molar-refractivity contribution in [1.82, 2.24) is 4.90 Å². The van der Waals surface area contributed by atoms with E-state index in [9.17, 15) is 4.79 Å². The van der Waals surface area contributed by atoms with Crippen LogP contribution in [0.1, 0.15) is 45.4 Å². The van der Waals surface area contributed by atoms with Crippen LogP contribution in [0, 0.1) is 0 Å². The van der Waals surface area contributed by atoms with Crippen molar-refractivity contribution in [2.45, 2.75) is 51.5 Å². The lowest BCUT2D eigenvalue weighted by Crippen LogP contribution is -2.44. The van der Waals surface area contributed by atoms with Crippen LogP contribution in [0.4, 0.5) is 0 Å². The van der Waals surface area contributed by atoms with Crippen molar-refractivity contribution in [2.24, 2.45) is 5.73 Å². The lowest BCUT2D eigenvalue weighted by Gasteiger charge is -2.27. The highest BCUT2D eigenvalue weighted by Gasteiger charge is 2.19. The Labute approximate surface area is 86.6 Å². The van der Waals surface area contributed by atoms with Crippen LogP contribution >= 0.6 is 0 Å². The summed E-state index contributed by atoms with van der Waals surface area (Å²) < 4.78 is 0. The van der Waals surface area contributed by atoms with Crippen molar-refractivity contribution >= 4 is 5.91 Å². The minimum atomic E-state index is -0.283. The Hall–Kier alpha value is -0.570. The SMILES string of the molecule is CC[C@@H](N)C(=O)N1CCCCCCC1. The number of nitrogens with two attached hydrogens (primary N) is 1. The fraction of sp³-hybridized carbons (Fsp3) is 0.909. The molecular weight excluding hydrogens is 176 g/mol. The van der Waals surface area contributed by atoms with Crippen molar-refractivity contribution in [1.29, 1.82) is 0 Å². The standard InChI is InChI=1S/C11H22N2O/c1-2-10(12)11(14)13-8-6-4-3-5-7-9-13/h10H,2-9,12H2,1H3/t10-/m1/s1. The van der Waals surface area contributed by atoms with Gasteiger partial charge in [0, 0.05) is 13.1 Å². The van der Waals surface area contributed by atoms with Crippen LogP contribution < -0.4 is 5.73 Å². The first-order valence-electron chi connectivity index (χ1n) is 5.80. The molecule has 1 rings (SSSR count). The van der Waals surface area contributed by atoms with E-state index < -0.39 is 0 Å². The number of carbonyl (C=O) groups is 1. The Bertz CT molecular complexity index is 174. The van der Waals surface area contributed by atoms with E-state index in [1.54, 1.807) is 0 Å². The van der Waals surface area contributed by atoms with E-state index >= 15 is 0 Å². The number of nitrogens with zero attached hydrogens (tertiary/aromatic N) is 1. The van der Waals surface area contributed by atoms with Crippen molar-refractivity contribution < 1.29 is 4.79 Å². The maximum Gasteiger partial charge on any atom is 0.239 e. The van der Waals surface area contributed by atoms with Crippen LogP contribution in [-0.2, 0) is 4.79 Å². The van der Waals surface area contributed by atoms with Gasteiger partial charge in [0.05, 0.1) is 6.04 Å². The van der Waals surface area contributed by atoms with Gasteiger partial charge in [-0.25, -0.2) is 0 Å². The molecule has 0 aromatic rings. The number of amides is 1. The zero-order valence-electron chi connectivity index (χ0n) is 9.17. The number of hydrogen-bond acceptors (Lipinski definition) is 2. The molecule has 0 spiro atoms. The highest BCUT2D eigenvalue weighted by molar-refractivity contribution is 5.81. The Morgan fingerprint density at radius 2 is 1.71 bits per heavy atom. The van der Waals surface area contributed by atoms with Gasteiger partial charge in [-0.2, -0.15) is 0 Å². The fourth-order valence-corrected chi connectivity index (χ4v) is 1.88. The smallest absolute Gasteiger partial charge is 0.239 e. The summed E-state index contributed by atoms with van der Waals surface area (Å²) >= 11 is 0. The molecule has 1 amide bonds. The molecular formula is C11H22N2O. The molecule has 1 heterocycles. The van der Waals surface area contributed by atoms with E-state index in [2.05, 4.69) is 0 Å². The molecule has 14 heavy (non-hydrogen) atoms. The summed E-state index contributed by atoms with van der Waals surface area (Å²) in [5.41, 5.74) is 5.75. The summed E-state index contributed by atoms with van der Waals surface area (Å²) in [6.45, 7) is 3.78. The molecule has 1 aliphatic rings. The molecule has 2 N–H and O–H groups in total. The average molecular weight is 198 g/mol. The van der Waals surface area contributed by atoms with Crippen LogP contribution in [0.2, 0.25) is 0 Å². The quantitative estimate of drug-likeness (QED) is 0.731. The molecule has 1 fully saturated rings. The van der Waals surface area contributed by atoms with Crippen LogP contribution in [0.25, 0.3) is 0 Å². The molecule has 0 saturated carbocycles. The maximum atomic E-state index is 11.8. The second-order valence-corrected chi connectivity index (χ2v) is 4.11. The minimum Gasteiger partial charge on any atom is -0.341 e. The second kappa shape index (κ2) is 6.02. The van der Waals surface area contributed by atoms with E-state index in [4.69, 9.17) is 5.73 Å². The topological polar surface area (TPSA) is 46.3 Å². The maximum absolute atomic E-state index is 11.8. The molecule has 3 heteroatoms. The third-order valence-corrected chi connectivity index (χ3v) is 2.92. The summed E-state index contributed by atoms with van der Waals surface area (Å²) in [7, 11) is 0. The number of hydrogen-bond donors (Lipinski definition) is 1. The van der Waals surface area contributed by atoms with E-state index in [-0.39, 0.29) is 11.9 Å². The van der Waals surface area contributed by atoms with E-state index in [0.29, 0.717) is 0 Å². The van der Waals surface area contributed by atoms with Gasteiger partial charge in [0.25, 0.3) is 0 Å². The van der Waals surface area contributed by atoms with Gasteiger partial charge in [0.1, 0.15) is 0 Å². The molecule has 0 aromatic heterocycles. The molecule has 0 aliphatic carbocycles. The van der Waals surface area contributed by atoms with Gasteiger partial charge in [-0.1, -0.05) is 26.2 Å². The molecule has 0 radical (unpaired) electrons. The Balaban J connectivity index is 2.42. The van der Waals surface area contributed by atoms with E-state index in [1.165, 1.54) is 19.3 Å². The molecule has 82 valence electrons. The Morgan fingerprint density at radius 1 is 1.21 bits per heavy atom. The monoisotopic (exact) mass is 198 g/mol. The molecule has 1 aliphatic heterocycles. The first-order valence-corrected chi connectivity index (χ1v) is 5.80. The molecule has 0 bridgehead atoms. The van der Waals surface area contributed by atoms with Crippen molar-refractivity contribution in [2.75, 3.05) is 13.1 Å². The average Bonchev–Trinajstić information content (AvgIpc) is 2.15. The molecule has 1 atom stereocenters. The van der Waals surface area contributed by atoms with Gasteiger partial charge in [0.2, 0.25) is 5.91 Å². The van der Waals surface area contributed by atoms with Crippen LogP contribution in [0.3, 0.4) is 0 Å². The highest BCUT2D eigenvalue weighted by atomic mass is 16.2. The largest absolute Gasteiger partial charge is 0.341 e. The summed E-state index contributed by atoms with van der Waals surface area (Å²) in [5.74, 6) is 0.148. The van der Waals surface area contributed by atoms with Crippen molar-refractivity contribution in [3.8, 4) is 0 Å². The summed E-state index contributed by atoms with van der Waals surface area (Å²) in [5, 5.41) is 0. The van der Waals surface area contributed by atoms with Crippen molar-refractivity contribution in [3.05, 3.63) is 0 Å². The van der Waals surface area contributed by atoms with Crippen LogP contribution in [0.15, 0.2) is 0 Å². The molecule has 0 unspecified atom stereocenters. The lowest BCUT2D eigenvalue weighted by atomic mass is 10.1. The zero-order valence-corrected chi connectivity index (χ0v) is 9.17. The summed E-state index contributed by atoms with van der Waals surface area (Å²) in [6.07, 6.45) is 6.86. The zero-order chi connectivity index (χ0) is 10.4. The first-order chi connectivity index (χ1) is 6.75. The van der Waals surface area contributed by atoms with Crippen LogP contribution in [-0.4, -0.2) is 29.9 Å². The number of likely N-dealkylation sites (tertiary alicyclic amines) is 1. The van der Waals surface area contributed by atoms with Gasteiger partial charge in [0.15, 0.2) is 0 Å². The Morgan fingerprint density at radius 3 is 2.21 bits per heavy atom. The molecule has 1 saturated heterocycles.